The molecule has 110 valence electrons. The fourth-order valence-corrected chi connectivity index (χ4v) is 1.87. The Morgan fingerprint density at radius 2 is 1.60 bits per heavy atom. The van der Waals surface area contributed by atoms with Gasteiger partial charge in [-0.25, -0.2) is 14.6 Å². The van der Waals surface area contributed by atoms with Gasteiger partial charge in [0.1, 0.15) is 0 Å². The lowest BCUT2D eigenvalue weighted by Gasteiger charge is -2.10. The molecule has 1 aromatic rings. The summed E-state index contributed by atoms with van der Waals surface area (Å²) in [4.78, 5) is 31.9. The summed E-state index contributed by atoms with van der Waals surface area (Å²) < 4.78 is 4.73. The second-order valence-electron chi connectivity index (χ2n) is 5.18. The summed E-state index contributed by atoms with van der Waals surface area (Å²) in [6.07, 6.45) is -1.02. The summed E-state index contributed by atoms with van der Waals surface area (Å²) >= 11 is 0. The van der Waals surface area contributed by atoms with E-state index >= 15 is 0 Å². The Kier molecular flexibility index (Phi) is 5.55. The minimum Gasteiger partial charge on any atom is -0.431 e. The third-order valence-corrected chi connectivity index (χ3v) is 2.60. The average molecular weight is 280 g/mol. The molecule has 1 rings (SSSR count). The van der Waals surface area contributed by atoms with Crippen molar-refractivity contribution in [3.05, 3.63) is 34.4 Å². The second-order valence-corrected chi connectivity index (χ2v) is 5.18. The van der Waals surface area contributed by atoms with Crippen LogP contribution in [0, 0.1) is 26.7 Å². The summed E-state index contributed by atoms with van der Waals surface area (Å²) in [7, 11) is 0. The molecule has 0 heterocycles. The van der Waals surface area contributed by atoms with Gasteiger partial charge in [0.25, 0.3) is 0 Å². The maximum absolute atomic E-state index is 11.9. The SMILES string of the molecule is Cc1cc(C)c(C(=O)OOC(=O)OCC(C)C)c(C)c1. The van der Waals surface area contributed by atoms with E-state index in [1.165, 1.54) is 0 Å². The molecule has 5 heteroatoms. The number of carbonyl (C=O) groups is 2. The fraction of sp³-hybridized carbons (Fsp3) is 0.467. The van der Waals surface area contributed by atoms with E-state index in [2.05, 4.69) is 9.78 Å². The van der Waals surface area contributed by atoms with Crippen LogP contribution in [0.2, 0.25) is 0 Å². The summed E-state index contributed by atoms with van der Waals surface area (Å²) in [6.45, 7) is 9.52. The minimum absolute atomic E-state index is 0.180. The Labute approximate surface area is 118 Å². The number of aryl methyl sites for hydroxylation is 3. The lowest BCUT2D eigenvalue weighted by Crippen LogP contribution is -2.16. The van der Waals surface area contributed by atoms with E-state index in [0.717, 1.165) is 16.7 Å². The quantitative estimate of drug-likeness (QED) is 0.482. The van der Waals surface area contributed by atoms with Crippen molar-refractivity contribution in [3.63, 3.8) is 0 Å². The Morgan fingerprint density at radius 1 is 1.05 bits per heavy atom. The summed E-state index contributed by atoms with van der Waals surface area (Å²) in [6, 6.07) is 3.72. The predicted molar refractivity (Wildman–Crippen MR) is 73.3 cm³/mol. The molecule has 0 aliphatic carbocycles. The standard InChI is InChI=1S/C15H20O5/c1-9(2)8-18-15(17)20-19-14(16)13-11(4)6-10(3)7-12(13)5/h6-7,9H,8H2,1-5H3. The molecule has 5 nitrogen and oxygen atoms in total. The van der Waals surface area contributed by atoms with E-state index in [-0.39, 0.29) is 12.5 Å². The first-order valence-corrected chi connectivity index (χ1v) is 6.44. The van der Waals surface area contributed by atoms with Gasteiger partial charge < -0.3 is 4.74 Å². The fourth-order valence-electron chi connectivity index (χ4n) is 1.87. The summed E-state index contributed by atoms with van der Waals surface area (Å²) in [5.74, 6) is -0.527. The van der Waals surface area contributed by atoms with Crippen LogP contribution in [0.4, 0.5) is 4.79 Å². The lowest BCUT2D eigenvalue weighted by atomic mass is 10.0. The van der Waals surface area contributed by atoms with E-state index in [0.29, 0.717) is 5.56 Å². The molecule has 0 saturated carbocycles. The molecule has 0 aromatic heterocycles. The van der Waals surface area contributed by atoms with Crippen molar-refractivity contribution in [1.82, 2.24) is 0 Å². The van der Waals surface area contributed by atoms with Gasteiger partial charge in [-0.3, -0.25) is 0 Å². The average Bonchev–Trinajstić information content (AvgIpc) is 2.32. The monoisotopic (exact) mass is 280 g/mol. The van der Waals surface area contributed by atoms with E-state index in [1.54, 1.807) is 13.8 Å². The van der Waals surface area contributed by atoms with Crippen LogP contribution in [-0.4, -0.2) is 18.7 Å². The van der Waals surface area contributed by atoms with E-state index in [4.69, 9.17) is 4.74 Å². The lowest BCUT2D eigenvalue weighted by molar-refractivity contribution is -0.204. The van der Waals surface area contributed by atoms with E-state index in [1.807, 2.05) is 32.9 Å². The zero-order valence-corrected chi connectivity index (χ0v) is 12.5. The first-order valence-electron chi connectivity index (χ1n) is 6.44. The smallest absolute Gasteiger partial charge is 0.431 e. The Hall–Kier alpha value is -2.04. The Bertz CT molecular complexity index is 482. The third kappa shape index (κ3) is 4.57. The van der Waals surface area contributed by atoms with Crippen LogP contribution in [0.5, 0.6) is 0 Å². The largest absolute Gasteiger partial charge is 0.549 e. The van der Waals surface area contributed by atoms with Crippen LogP contribution in [0.25, 0.3) is 0 Å². The van der Waals surface area contributed by atoms with E-state index < -0.39 is 12.1 Å². The predicted octanol–water partition coefficient (Wildman–Crippen LogP) is 3.49. The number of carbonyl (C=O) groups excluding carboxylic acids is 2. The van der Waals surface area contributed by atoms with Crippen molar-refractivity contribution >= 4 is 12.1 Å². The zero-order valence-electron chi connectivity index (χ0n) is 12.5. The maximum atomic E-state index is 11.9. The molecule has 20 heavy (non-hydrogen) atoms. The van der Waals surface area contributed by atoms with Gasteiger partial charge in [-0.2, -0.15) is 4.79 Å². The van der Waals surface area contributed by atoms with Gasteiger partial charge in [0.15, 0.2) is 0 Å². The van der Waals surface area contributed by atoms with Gasteiger partial charge >= 0.3 is 12.1 Å². The van der Waals surface area contributed by atoms with E-state index in [9.17, 15) is 9.59 Å². The molecular weight excluding hydrogens is 260 g/mol. The van der Waals surface area contributed by atoms with Crippen molar-refractivity contribution in [2.24, 2.45) is 5.92 Å². The van der Waals surface area contributed by atoms with Crippen LogP contribution in [0.3, 0.4) is 0 Å². The molecule has 0 aliphatic rings. The van der Waals surface area contributed by atoms with Crippen LogP contribution in [0.1, 0.15) is 40.9 Å². The van der Waals surface area contributed by atoms with Gasteiger partial charge in [0.2, 0.25) is 0 Å². The molecule has 0 bridgehead atoms. The van der Waals surface area contributed by atoms with Crippen molar-refractivity contribution in [1.29, 1.82) is 0 Å². The molecule has 0 spiro atoms. The normalized spacial score (nSPS) is 10.3. The van der Waals surface area contributed by atoms with Crippen LogP contribution < -0.4 is 0 Å². The molecule has 0 saturated heterocycles. The van der Waals surface area contributed by atoms with Crippen molar-refractivity contribution < 1.29 is 24.1 Å². The maximum Gasteiger partial charge on any atom is 0.549 e. The van der Waals surface area contributed by atoms with Crippen molar-refractivity contribution in [2.75, 3.05) is 6.61 Å². The minimum atomic E-state index is -1.02. The highest BCUT2D eigenvalue weighted by Gasteiger charge is 2.18. The van der Waals surface area contributed by atoms with Gasteiger partial charge in [0, 0.05) is 0 Å². The highest BCUT2D eigenvalue weighted by Crippen LogP contribution is 2.17. The molecule has 0 aliphatic heterocycles. The molecule has 0 fully saturated rings. The van der Waals surface area contributed by atoms with Gasteiger partial charge in [-0.15, -0.1) is 0 Å². The Morgan fingerprint density at radius 3 is 2.10 bits per heavy atom. The highest BCUT2D eigenvalue weighted by molar-refractivity contribution is 5.92. The molecule has 0 amide bonds. The molecule has 1 aromatic carbocycles. The highest BCUT2D eigenvalue weighted by atomic mass is 17.2. The van der Waals surface area contributed by atoms with Crippen molar-refractivity contribution in [3.8, 4) is 0 Å². The Balaban J connectivity index is 2.62. The first-order chi connectivity index (χ1) is 9.31. The van der Waals surface area contributed by atoms with Crippen LogP contribution in [0.15, 0.2) is 12.1 Å². The number of benzene rings is 1. The van der Waals surface area contributed by atoms with Crippen molar-refractivity contribution in [2.45, 2.75) is 34.6 Å². The zero-order chi connectivity index (χ0) is 15.3. The molecule has 0 radical (unpaired) electrons. The number of hydrogen-bond acceptors (Lipinski definition) is 5. The van der Waals surface area contributed by atoms with Gasteiger partial charge in [-0.05, 0) is 37.8 Å². The topological polar surface area (TPSA) is 61.8 Å². The number of ether oxygens (including phenoxy) is 1. The molecule has 0 N–H and O–H groups in total. The third-order valence-electron chi connectivity index (χ3n) is 2.60. The van der Waals surface area contributed by atoms with Crippen LogP contribution in [-0.2, 0) is 14.5 Å². The molecule has 0 atom stereocenters. The molecule has 0 unspecified atom stereocenters. The first kappa shape index (κ1) is 16.0. The second kappa shape index (κ2) is 6.93. The van der Waals surface area contributed by atoms with Gasteiger partial charge in [0.05, 0.1) is 12.2 Å². The number of rotatable bonds is 3. The number of hydrogen-bond donors (Lipinski definition) is 0. The van der Waals surface area contributed by atoms with Crippen LogP contribution >= 0.6 is 0 Å². The molecular formula is C15H20O5. The van der Waals surface area contributed by atoms with Gasteiger partial charge in [-0.1, -0.05) is 31.5 Å². The summed E-state index contributed by atoms with van der Waals surface area (Å²) in [5, 5.41) is 0. The summed E-state index contributed by atoms with van der Waals surface area (Å²) in [5.41, 5.74) is 2.99.